The largest absolute Gasteiger partial charge is 0.599 e. The van der Waals surface area contributed by atoms with E-state index in [0.717, 1.165) is 70.2 Å². The van der Waals surface area contributed by atoms with E-state index in [4.69, 9.17) is 63.7 Å². The third kappa shape index (κ3) is 7.75. The van der Waals surface area contributed by atoms with E-state index in [1.54, 1.807) is 24.8 Å². The summed E-state index contributed by atoms with van der Waals surface area (Å²) < 4.78 is 20.5. The highest BCUT2D eigenvalue weighted by Crippen LogP contribution is 2.47. The van der Waals surface area contributed by atoms with Gasteiger partial charge in [-0.05, 0) is 48.6 Å². The molecule has 5 atom stereocenters. The molecular formula is C52H54N18O2Si. The highest BCUT2D eigenvalue weighted by molar-refractivity contribution is 6.68. The number of aliphatic imine (C=N–C) groups is 7. The standard InChI is InChI=1S/C52H54N18O2Si/c1-3-11-31(12-4-1)27-61-35-17-9-7-15-33(35)29-71-73(72-30-34-16-8-10-18-36(34)62-28-32-13-5-2-6-14-32)69-49-41-42(58-24-23-57-41)51(69)67-47-39-40(56-22-21-55-39)48(64-47)68-52-44-43(59-25-26-60-44)50(70(52)73)66-46-38-37(45(63-46)65-49)53-19-20-54-38/h1-6,11-14,19,22-26,33-36,50,54-55,61-62H,7-10,15-18,20-21,27-30H2,(H,63,65,66)/t33-,34-,35?,36?,50?,73?/m1/s1. The molecule has 10 heterocycles. The van der Waals surface area contributed by atoms with Gasteiger partial charge in [0.15, 0.2) is 40.8 Å². The summed E-state index contributed by atoms with van der Waals surface area (Å²) in [4.78, 5) is 57.1. The fraction of sp³-hybridized carbons (Fsp3) is 0.365. The number of amidine groups is 5. The molecule has 5 N–H and O–H groups in total. The van der Waals surface area contributed by atoms with E-state index in [-0.39, 0.29) is 23.9 Å². The Morgan fingerprint density at radius 1 is 0.589 bits per heavy atom. The number of hydrogen-bond donors (Lipinski definition) is 5. The molecule has 2 aliphatic carbocycles. The molecule has 3 aromatic heterocycles. The van der Waals surface area contributed by atoms with Crippen molar-refractivity contribution in [1.29, 1.82) is 0 Å². The highest BCUT2D eigenvalue weighted by Gasteiger charge is 2.63. The summed E-state index contributed by atoms with van der Waals surface area (Å²) >= 11 is 0. The van der Waals surface area contributed by atoms with Crippen LogP contribution in [0.25, 0.3) is 11.0 Å². The van der Waals surface area contributed by atoms with Crippen LogP contribution in [-0.4, -0.2) is 118 Å². The van der Waals surface area contributed by atoms with Crippen molar-refractivity contribution in [2.45, 2.75) is 82.7 Å². The lowest BCUT2D eigenvalue weighted by Gasteiger charge is -2.45. The van der Waals surface area contributed by atoms with Crippen molar-refractivity contribution in [3.8, 4) is 0 Å². The van der Waals surface area contributed by atoms with E-state index in [1.807, 2.05) is 12.4 Å². The number of rotatable bonds is 12. The first kappa shape index (κ1) is 44.3. The van der Waals surface area contributed by atoms with Crippen molar-refractivity contribution >= 4 is 73.2 Å². The summed E-state index contributed by atoms with van der Waals surface area (Å²) in [6.45, 7) is 3.18. The first-order valence-corrected chi connectivity index (χ1v) is 27.4. The molecule has 0 radical (unpaired) electrons. The highest BCUT2D eigenvalue weighted by atomic mass is 28.4. The number of hydrogen-bond acceptors (Lipinski definition) is 19. The summed E-state index contributed by atoms with van der Waals surface area (Å²) in [5.41, 5.74) is 7.19. The minimum Gasteiger partial charge on any atom is -0.375 e. The van der Waals surface area contributed by atoms with Crippen LogP contribution in [0, 0.1) is 11.8 Å². The van der Waals surface area contributed by atoms with Gasteiger partial charge in [-0.3, -0.25) is 23.8 Å². The zero-order chi connectivity index (χ0) is 48.3. The van der Waals surface area contributed by atoms with Gasteiger partial charge in [0.05, 0.1) is 13.1 Å². The topological polar surface area (TPSA) is 225 Å². The molecule has 20 nitrogen and oxygen atoms in total. The quantitative estimate of drug-likeness (QED) is 0.101. The molecule has 0 saturated heterocycles. The molecule has 21 heteroatoms. The van der Waals surface area contributed by atoms with Crippen LogP contribution in [-0.2, 0) is 21.9 Å². The molecule has 14 rings (SSSR count). The maximum Gasteiger partial charge on any atom is 0.599 e. The zero-order valence-corrected chi connectivity index (χ0v) is 41.2. The maximum absolute atomic E-state index is 8.12. The number of aromatic nitrogens is 5. The van der Waals surface area contributed by atoms with Crippen molar-refractivity contribution in [3.63, 3.8) is 0 Å². The van der Waals surface area contributed by atoms with E-state index < -0.39 is 15.0 Å². The number of nitrogens with one attached hydrogen (secondary N) is 5. The monoisotopic (exact) mass is 990 g/mol. The number of nitrogens with zero attached hydrogens (tertiary/aromatic N) is 13. The first-order valence-electron chi connectivity index (χ1n) is 25.7. The van der Waals surface area contributed by atoms with Crippen LogP contribution < -0.4 is 26.6 Å². The summed E-state index contributed by atoms with van der Waals surface area (Å²) in [6.07, 6.45) is 18.0. The van der Waals surface area contributed by atoms with E-state index in [9.17, 15) is 0 Å². The van der Waals surface area contributed by atoms with Crippen LogP contribution in [0.5, 0.6) is 0 Å². The molecule has 9 aliphatic rings. The second-order valence-electron chi connectivity index (χ2n) is 19.7. The zero-order valence-electron chi connectivity index (χ0n) is 40.2. The molecule has 0 spiro atoms. The number of fused-ring (bicyclic) bond motifs is 12. The fourth-order valence-corrected chi connectivity index (χ4v) is 15.2. The molecule has 6 bridgehead atoms. The van der Waals surface area contributed by atoms with Gasteiger partial charge < -0.3 is 35.4 Å². The number of benzene rings is 2. The summed E-state index contributed by atoms with van der Waals surface area (Å²) in [7, 11) is -4.48. The Kier molecular flexibility index (Phi) is 11.3. The molecule has 7 aliphatic heterocycles. The summed E-state index contributed by atoms with van der Waals surface area (Å²) in [5.74, 6) is 3.27. The van der Waals surface area contributed by atoms with Crippen LogP contribution in [0.1, 0.15) is 80.0 Å². The van der Waals surface area contributed by atoms with Crippen LogP contribution in [0.15, 0.2) is 143 Å². The van der Waals surface area contributed by atoms with Crippen molar-refractivity contribution < 1.29 is 8.85 Å². The Hall–Kier alpha value is -7.43. The maximum atomic E-state index is 8.12. The summed E-state index contributed by atoms with van der Waals surface area (Å²) in [5, 5.41) is 18.9. The van der Waals surface area contributed by atoms with Crippen molar-refractivity contribution in [2.75, 3.05) is 26.3 Å². The molecule has 2 aromatic carbocycles. The predicted octanol–water partition coefficient (Wildman–Crippen LogP) is 5.27. The Bertz CT molecular complexity index is 3240. The Morgan fingerprint density at radius 2 is 1.15 bits per heavy atom. The van der Waals surface area contributed by atoms with E-state index in [1.165, 1.54) is 11.1 Å². The normalized spacial score (nSPS) is 26.4. The molecule has 73 heavy (non-hydrogen) atoms. The molecular weight excluding hydrogens is 937 g/mol. The minimum atomic E-state index is -4.48. The molecule has 2 saturated carbocycles. The third-order valence-corrected chi connectivity index (χ3v) is 18.5. The lowest BCUT2D eigenvalue weighted by molar-refractivity contribution is 0.0542. The lowest BCUT2D eigenvalue weighted by atomic mass is 9.85. The second-order valence-corrected chi connectivity index (χ2v) is 22.3. The third-order valence-electron chi connectivity index (χ3n) is 15.3. The van der Waals surface area contributed by atoms with Crippen molar-refractivity contribution in [3.05, 3.63) is 131 Å². The van der Waals surface area contributed by atoms with Crippen molar-refractivity contribution in [1.82, 2.24) is 55.3 Å². The van der Waals surface area contributed by atoms with Gasteiger partial charge in [-0.15, -0.1) is 0 Å². The lowest BCUT2D eigenvalue weighted by Crippen LogP contribution is -2.68. The molecule has 0 amide bonds. The predicted molar refractivity (Wildman–Crippen MR) is 281 cm³/mol. The Balaban J connectivity index is 1.01. The van der Waals surface area contributed by atoms with Gasteiger partial charge in [-0.2, -0.15) is 0 Å². The van der Waals surface area contributed by atoms with Crippen LogP contribution in [0.3, 0.4) is 0 Å². The van der Waals surface area contributed by atoms with Gasteiger partial charge >= 0.3 is 8.88 Å². The van der Waals surface area contributed by atoms with Gasteiger partial charge in [0.2, 0.25) is 0 Å². The fourth-order valence-electron chi connectivity index (χ4n) is 11.7. The van der Waals surface area contributed by atoms with E-state index >= 15 is 0 Å². The van der Waals surface area contributed by atoms with Crippen LogP contribution in [0.2, 0.25) is 0 Å². The van der Waals surface area contributed by atoms with Gasteiger partial charge in [0.25, 0.3) is 0 Å². The average molecular weight is 991 g/mol. The Morgan fingerprint density at radius 3 is 1.81 bits per heavy atom. The molecule has 368 valence electrons. The van der Waals surface area contributed by atoms with Gasteiger partial charge in [0, 0.05) is 75.6 Å². The van der Waals surface area contributed by atoms with Gasteiger partial charge in [-0.25, -0.2) is 39.9 Å². The van der Waals surface area contributed by atoms with Gasteiger partial charge in [0.1, 0.15) is 51.4 Å². The molecule has 2 fully saturated rings. The average Bonchev–Trinajstić information content (AvgIpc) is 4.17. The second kappa shape index (κ2) is 18.6. The van der Waals surface area contributed by atoms with Crippen LogP contribution >= 0.6 is 0 Å². The molecule has 5 aromatic rings. The summed E-state index contributed by atoms with van der Waals surface area (Å²) in [6, 6.07) is 21.6. The first-order chi connectivity index (χ1) is 36.2. The van der Waals surface area contributed by atoms with Gasteiger partial charge in [-0.1, -0.05) is 86.3 Å². The SMILES string of the molecule is C1=NC2=C(NC1)C1=Nc3c4nccnc4c4n3[Si](OC[C@H]3CCCCC3NCc3ccccc3)(OC[C@H]3CCCCC3NCc3ccccc3)N3C(=NC2=N1)c1nccnc1C3NC1=NC(=N4)C2=C1NCC=N2. The smallest absolute Gasteiger partial charge is 0.375 e. The molecule has 3 unspecified atom stereocenters. The Labute approximate surface area is 422 Å². The minimum absolute atomic E-state index is 0.114. The van der Waals surface area contributed by atoms with E-state index in [0.29, 0.717) is 107 Å². The van der Waals surface area contributed by atoms with E-state index in [2.05, 4.69) is 96.0 Å². The van der Waals surface area contributed by atoms with Crippen LogP contribution in [0.4, 0.5) is 11.6 Å². The van der Waals surface area contributed by atoms with Crippen molar-refractivity contribution in [2.24, 2.45) is 46.8 Å².